The Hall–Kier alpha value is -0.670. The smallest absolute Gasteiger partial charge is 0.335 e. The highest BCUT2D eigenvalue weighted by Gasteiger charge is 2.11. The van der Waals surface area contributed by atoms with Crippen molar-refractivity contribution >= 4 is 30.1 Å². The Balaban J connectivity index is 0.00000112. The number of hydrogen-bond donors (Lipinski definition) is 1. The van der Waals surface area contributed by atoms with Crippen LogP contribution in [0.15, 0.2) is 23.1 Å². The van der Waals surface area contributed by atoms with Crippen molar-refractivity contribution < 1.29 is 9.90 Å². The van der Waals surface area contributed by atoms with Crippen molar-refractivity contribution in [3.05, 3.63) is 29.3 Å². The van der Waals surface area contributed by atoms with E-state index in [0.29, 0.717) is 5.56 Å². The van der Waals surface area contributed by atoms with Crippen LogP contribution in [-0.4, -0.2) is 16.8 Å². The van der Waals surface area contributed by atoms with Crippen molar-refractivity contribution in [2.75, 3.05) is 5.75 Å². The minimum Gasteiger partial charge on any atom is -0.478 e. The first kappa shape index (κ1) is 12.4. The number of aromatic carboxylic acids is 1. The fourth-order valence-electron chi connectivity index (χ4n) is 1.65. The molecule has 1 aromatic carbocycles. The standard InChI is InChI=1S/C11H12O2S.ClH/c12-11(13)9-4-5-10-8(7-9)3-1-2-6-14-10;/h4-5,7H,1-3,6H2,(H,12,13);1H. The Labute approximate surface area is 99.5 Å². The minimum atomic E-state index is -0.831. The third-order valence-electron chi connectivity index (χ3n) is 2.41. The lowest BCUT2D eigenvalue weighted by Gasteiger charge is -2.05. The summed E-state index contributed by atoms with van der Waals surface area (Å²) < 4.78 is 0. The van der Waals surface area contributed by atoms with Crippen molar-refractivity contribution in [1.29, 1.82) is 0 Å². The molecule has 15 heavy (non-hydrogen) atoms. The molecule has 82 valence electrons. The highest BCUT2D eigenvalue weighted by molar-refractivity contribution is 7.99. The van der Waals surface area contributed by atoms with Crippen LogP contribution in [0.4, 0.5) is 0 Å². The van der Waals surface area contributed by atoms with E-state index in [0.717, 1.165) is 12.2 Å². The van der Waals surface area contributed by atoms with Gasteiger partial charge in [-0.05, 0) is 48.8 Å². The van der Waals surface area contributed by atoms with Crippen molar-refractivity contribution in [2.24, 2.45) is 0 Å². The molecule has 0 fully saturated rings. The maximum Gasteiger partial charge on any atom is 0.335 e. The van der Waals surface area contributed by atoms with Crippen molar-refractivity contribution in [2.45, 2.75) is 24.2 Å². The van der Waals surface area contributed by atoms with Crippen LogP contribution in [0.3, 0.4) is 0 Å². The summed E-state index contributed by atoms with van der Waals surface area (Å²) in [5.41, 5.74) is 1.61. The zero-order valence-electron chi connectivity index (χ0n) is 8.23. The van der Waals surface area contributed by atoms with E-state index >= 15 is 0 Å². The fourth-order valence-corrected chi connectivity index (χ4v) is 2.73. The average molecular weight is 245 g/mol. The van der Waals surface area contributed by atoms with E-state index in [-0.39, 0.29) is 12.4 Å². The molecule has 0 aromatic heterocycles. The molecule has 1 aliphatic heterocycles. The fraction of sp³-hybridized carbons (Fsp3) is 0.364. The number of fused-ring (bicyclic) bond motifs is 1. The van der Waals surface area contributed by atoms with Gasteiger partial charge >= 0.3 is 5.97 Å². The monoisotopic (exact) mass is 244 g/mol. The maximum atomic E-state index is 10.8. The van der Waals surface area contributed by atoms with Gasteiger partial charge in [0.2, 0.25) is 0 Å². The Bertz CT molecular complexity index is 366. The third kappa shape index (κ3) is 2.89. The van der Waals surface area contributed by atoms with Crippen LogP contribution in [0.5, 0.6) is 0 Å². The van der Waals surface area contributed by atoms with Gasteiger partial charge in [-0.1, -0.05) is 0 Å². The summed E-state index contributed by atoms with van der Waals surface area (Å²) in [6.45, 7) is 0. The van der Waals surface area contributed by atoms with Crippen LogP contribution in [-0.2, 0) is 6.42 Å². The van der Waals surface area contributed by atoms with Gasteiger partial charge in [-0.25, -0.2) is 4.79 Å². The van der Waals surface area contributed by atoms with Crippen LogP contribution < -0.4 is 0 Å². The molecule has 4 heteroatoms. The number of carboxylic acid groups (broad SMARTS) is 1. The van der Waals surface area contributed by atoms with Gasteiger partial charge in [-0.15, -0.1) is 24.2 Å². The second-order valence-electron chi connectivity index (χ2n) is 3.43. The predicted molar refractivity (Wildman–Crippen MR) is 64.3 cm³/mol. The van der Waals surface area contributed by atoms with E-state index in [9.17, 15) is 4.79 Å². The van der Waals surface area contributed by atoms with Gasteiger partial charge in [0.1, 0.15) is 0 Å². The molecule has 1 N–H and O–H groups in total. The summed E-state index contributed by atoms with van der Waals surface area (Å²) in [4.78, 5) is 12.0. The molecule has 0 saturated carbocycles. The summed E-state index contributed by atoms with van der Waals surface area (Å²) in [6.07, 6.45) is 3.41. The van der Waals surface area contributed by atoms with Gasteiger partial charge in [0.05, 0.1) is 5.56 Å². The lowest BCUT2D eigenvalue weighted by atomic mass is 10.1. The average Bonchev–Trinajstić information content (AvgIpc) is 2.41. The predicted octanol–water partition coefficient (Wildman–Crippen LogP) is 3.24. The summed E-state index contributed by atoms with van der Waals surface area (Å²) >= 11 is 1.84. The molecule has 2 nitrogen and oxygen atoms in total. The summed E-state index contributed by atoms with van der Waals surface area (Å²) in [7, 11) is 0. The van der Waals surface area contributed by atoms with Crippen LogP contribution in [0.1, 0.15) is 28.8 Å². The lowest BCUT2D eigenvalue weighted by Crippen LogP contribution is -1.98. The Morgan fingerprint density at radius 3 is 2.87 bits per heavy atom. The first-order valence-electron chi connectivity index (χ1n) is 4.76. The van der Waals surface area contributed by atoms with Gasteiger partial charge in [0.15, 0.2) is 0 Å². The SMILES string of the molecule is Cl.O=C(O)c1ccc2c(c1)CCCCS2. The van der Waals surface area contributed by atoms with E-state index in [4.69, 9.17) is 5.11 Å². The number of hydrogen-bond acceptors (Lipinski definition) is 2. The second kappa shape index (κ2) is 5.42. The Kier molecular flexibility index (Phi) is 4.48. The number of carbonyl (C=O) groups is 1. The Morgan fingerprint density at radius 1 is 1.33 bits per heavy atom. The second-order valence-corrected chi connectivity index (χ2v) is 4.57. The van der Waals surface area contributed by atoms with Crippen molar-refractivity contribution in [3.8, 4) is 0 Å². The Morgan fingerprint density at radius 2 is 2.13 bits per heavy atom. The zero-order valence-corrected chi connectivity index (χ0v) is 9.87. The molecule has 0 unspecified atom stereocenters. The molecule has 0 spiro atoms. The maximum absolute atomic E-state index is 10.8. The summed E-state index contributed by atoms with van der Waals surface area (Å²) in [5, 5.41) is 8.85. The van der Waals surface area contributed by atoms with E-state index in [1.54, 1.807) is 6.07 Å². The normalized spacial score (nSPS) is 14.7. The molecular formula is C11H13ClO2S. The van der Waals surface area contributed by atoms with Gasteiger partial charge in [-0.3, -0.25) is 0 Å². The van der Waals surface area contributed by atoms with Crippen LogP contribution in [0.25, 0.3) is 0 Å². The van der Waals surface area contributed by atoms with Gasteiger partial charge in [-0.2, -0.15) is 0 Å². The largest absolute Gasteiger partial charge is 0.478 e. The number of aryl methyl sites for hydroxylation is 1. The zero-order chi connectivity index (χ0) is 9.97. The highest BCUT2D eigenvalue weighted by atomic mass is 35.5. The molecule has 1 aliphatic rings. The third-order valence-corrected chi connectivity index (χ3v) is 3.61. The topological polar surface area (TPSA) is 37.3 Å². The number of carboxylic acids is 1. The lowest BCUT2D eigenvalue weighted by molar-refractivity contribution is 0.0696. The van der Waals surface area contributed by atoms with Crippen LogP contribution in [0.2, 0.25) is 0 Å². The van der Waals surface area contributed by atoms with E-state index in [1.165, 1.54) is 23.3 Å². The number of benzene rings is 1. The molecule has 1 aromatic rings. The number of halogens is 1. The molecular weight excluding hydrogens is 232 g/mol. The first-order valence-corrected chi connectivity index (χ1v) is 5.75. The molecule has 0 saturated heterocycles. The summed E-state index contributed by atoms with van der Waals surface area (Å²) in [5.74, 6) is 0.321. The number of thioether (sulfide) groups is 1. The molecule has 0 radical (unpaired) electrons. The van der Waals surface area contributed by atoms with Crippen molar-refractivity contribution in [1.82, 2.24) is 0 Å². The molecule has 0 aliphatic carbocycles. The number of rotatable bonds is 1. The first-order chi connectivity index (χ1) is 6.77. The van der Waals surface area contributed by atoms with E-state index in [1.807, 2.05) is 23.9 Å². The van der Waals surface area contributed by atoms with E-state index < -0.39 is 5.97 Å². The molecule has 0 atom stereocenters. The van der Waals surface area contributed by atoms with Crippen molar-refractivity contribution in [3.63, 3.8) is 0 Å². The minimum absolute atomic E-state index is 0. The summed E-state index contributed by atoms with van der Waals surface area (Å²) in [6, 6.07) is 5.45. The molecule has 1 heterocycles. The quantitative estimate of drug-likeness (QED) is 0.824. The van der Waals surface area contributed by atoms with Gasteiger partial charge in [0.25, 0.3) is 0 Å². The van der Waals surface area contributed by atoms with E-state index in [2.05, 4.69) is 0 Å². The van der Waals surface area contributed by atoms with Crippen LogP contribution >= 0.6 is 24.2 Å². The van der Waals surface area contributed by atoms with Crippen LogP contribution in [0, 0.1) is 0 Å². The molecule has 0 bridgehead atoms. The highest BCUT2D eigenvalue weighted by Crippen LogP contribution is 2.29. The van der Waals surface area contributed by atoms with Gasteiger partial charge < -0.3 is 5.11 Å². The molecule has 0 amide bonds. The molecule has 2 rings (SSSR count). The van der Waals surface area contributed by atoms with Gasteiger partial charge in [0, 0.05) is 4.90 Å².